The van der Waals surface area contributed by atoms with E-state index in [1.165, 1.54) is 0 Å². The number of ether oxygens (including phenoxy) is 2. The zero-order valence-electron chi connectivity index (χ0n) is 14.4. The largest absolute Gasteiger partial charge is 0.370 e. The van der Waals surface area contributed by atoms with Crippen molar-refractivity contribution in [1.29, 1.82) is 0 Å². The van der Waals surface area contributed by atoms with Gasteiger partial charge in [-0.05, 0) is 45.1 Å². The van der Waals surface area contributed by atoms with Crippen molar-refractivity contribution in [2.75, 3.05) is 14.2 Å². The summed E-state index contributed by atoms with van der Waals surface area (Å²) in [5.41, 5.74) is -1.47. The van der Waals surface area contributed by atoms with E-state index < -0.39 is 16.6 Å². The minimum Gasteiger partial charge on any atom is -0.370 e. The number of hydrogen-bond donors (Lipinski definition) is 0. The lowest BCUT2D eigenvalue weighted by Gasteiger charge is -2.64. The van der Waals surface area contributed by atoms with Crippen molar-refractivity contribution in [3.63, 3.8) is 0 Å². The monoisotopic (exact) mass is 306 g/mol. The van der Waals surface area contributed by atoms with Crippen LogP contribution in [0.15, 0.2) is 11.6 Å². The molecule has 0 aromatic rings. The van der Waals surface area contributed by atoms with Crippen molar-refractivity contribution < 1.29 is 19.1 Å². The molecule has 0 amide bonds. The molecule has 3 fully saturated rings. The summed E-state index contributed by atoms with van der Waals surface area (Å²) in [6.07, 6.45) is 3.77. The average Bonchev–Trinajstić information content (AvgIpc) is 2.51. The highest BCUT2D eigenvalue weighted by atomic mass is 16.5. The number of Topliss-reactive ketones (excluding diaryl/α,β-unsaturated/α-hetero) is 2. The number of hydrogen-bond acceptors (Lipinski definition) is 4. The summed E-state index contributed by atoms with van der Waals surface area (Å²) in [5, 5.41) is 0. The fourth-order valence-electron chi connectivity index (χ4n) is 5.44. The highest BCUT2D eigenvalue weighted by Crippen LogP contribution is 2.64. The molecule has 3 saturated carbocycles. The summed E-state index contributed by atoms with van der Waals surface area (Å²) in [4.78, 5) is 25.9. The number of allylic oxidation sites excluding steroid dienone is 1. The van der Waals surface area contributed by atoms with Crippen LogP contribution in [-0.2, 0) is 19.1 Å². The molecular weight excluding hydrogens is 280 g/mol. The van der Waals surface area contributed by atoms with Gasteiger partial charge in [0.2, 0.25) is 0 Å². The van der Waals surface area contributed by atoms with Gasteiger partial charge >= 0.3 is 0 Å². The molecule has 0 aromatic carbocycles. The van der Waals surface area contributed by atoms with Crippen LogP contribution in [0.3, 0.4) is 0 Å². The lowest BCUT2D eigenvalue weighted by atomic mass is 9.41. The molecule has 0 aliphatic heterocycles. The van der Waals surface area contributed by atoms with Gasteiger partial charge in [-0.3, -0.25) is 9.59 Å². The Morgan fingerprint density at radius 1 is 1.09 bits per heavy atom. The smallest absolute Gasteiger partial charge is 0.190 e. The lowest BCUT2D eigenvalue weighted by Crippen LogP contribution is -2.72. The van der Waals surface area contributed by atoms with Crippen LogP contribution in [0.4, 0.5) is 0 Å². The lowest BCUT2D eigenvalue weighted by molar-refractivity contribution is -0.218. The fourth-order valence-corrected chi connectivity index (χ4v) is 5.44. The van der Waals surface area contributed by atoms with E-state index in [4.69, 9.17) is 9.47 Å². The Morgan fingerprint density at radius 2 is 1.68 bits per heavy atom. The second kappa shape index (κ2) is 4.51. The number of ketones is 2. The molecule has 0 heterocycles. The maximum atomic E-state index is 13.1. The van der Waals surface area contributed by atoms with Gasteiger partial charge in [0, 0.05) is 31.5 Å². The van der Waals surface area contributed by atoms with Gasteiger partial charge in [-0.2, -0.15) is 0 Å². The van der Waals surface area contributed by atoms with Gasteiger partial charge in [0.05, 0.1) is 0 Å². The zero-order valence-corrected chi connectivity index (χ0v) is 14.4. The predicted molar refractivity (Wildman–Crippen MR) is 82.4 cm³/mol. The molecule has 0 saturated heterocycles. The van der Waals surface area contributed by atoms with E-state index in [0.717, 1.165) is 12.8 Å². The number of carbonyl (C=O) groups excluding carboxylic acids is 2. The van der Waals surface area contributed by atoms with Crippen molar-refractivity contribution in [3.05, 3.63) is 11.6 Å². The first kappa shape index (κ1) is 15.9. The van der Waals surface area contributed by atoms with Crippen LogP contribution in [0.2, 0.25) is 0 Å². The van der Waals surface area contributed by atoms with E-state index in [-0.39, 0.29) is 29.3 Å². The maximum Gasteiger partial charge on any atom is 0.190 e. The van der Waals surface area contributed by atoms with Gasteiger partial charge in [-0.25, -0.2) is 0 Å². The van der Waals surface area contributed by atoms with Crippen LogP contribution in [0.5, 0.6) is 0 Å². The SMILES string of the molecule is CO[C@]1(C)C(=O)C(C)=C[C@H]2[C@@H]1[C@H]1CC[C@]2(C)C(=O)[C@@]1(C)OC. The number of carbonyl (C=O) groups is 2. The quantitative estimate of drug-likeness (QED) is 0.787. The average molecular weight is 306 g/mol. The van der Waals surface area contributed by atoms with Crippen LogP contribution in [0.25, 0.3) is 0 Å². The highest BCUT2D eigenvalue weighted by Gasteiger charge is 2.70. The molecule has 22 heavy (non-hydrogen) atoms. The third-order valence-corrected chi connectivity index (χ3v) is 6.93. The van der Waals surface area contributed by atoms with E-state index in [1.807, 2.05) is 33.8 Å². The molecule has 0 spiro atoms. The minimum atomic E-state index is -0.879. The second-order valence-electron chi connectivity index (χ2n) is 7.74. The number of methoxy groups -OCH3 is 2. The van der Waals surface area contributed by atoms with E-state index in [2.05, 4.69) is 0 Å². The Labute approximate surface area is 132 Å². The predicted octanol–water partition coefficient (Wildman–Crippen LogP) is 2.56. The Kier molecular flexibility index (Phi) is 3.26. The summed E-state index contributed by atoms with van der Waals surface area (Å²) in [5.74, 6) is 0.255. The summed E-state index contributed by atoms with van der Waals surface area (Å²) in [7, 11) is 3.21. The van der Waals surface area contributed by atoms with Crippen molar-refractivity contribution in [1.82, 2.24) is 0 Å². The Balaban J connectivity index is 2.24. The first-order valence-electron chi connectivity index (χ1n) is 8.05. The number of rotatable bonds is 2. The molecule has 4 nitrogen and oxygen atoms in total. The number of fused-ring (bicyclic) bond motifs is 2. The normalized spacial score (nSPS) is 50.8. The summed E-state index contributed by atoms with van der Waals surface area (Å²) < 4.78 is 11.4. The standard InChI is InChI=1S/C18H26O4/c1-10-9-12-13(18(4,22-6)14(10)19)11-7-8-16(12,2)15(20)17(11,3)21-5/h9,11-13H,7-8H2,1-6H3/t11-,12+,13+,16+,17+,18+/m1/s1. The van der Waals surface area contributed by atoms with Crippen LogP contribution in [0.1, 0.15) is 40.5 Å². The Morgan fingerprint density at radius 3 is 2.23 bits per heavy atom. The highest BCUT2D eigenvalue weighted by molar-refractivity contribution is 6.04. The van der Waals surface area contributed by atoms with Crippen molar-refractivity contribution in [2.24, 2.45) is 23.2 Å². The molecule has 0 N–H and O–H groups in total. The van der Waals surface area contributed by atoms with Crippen LogP contribution < -0.4 is 0 Å². The van der Waals surface area contributed by atoms with Crippen molar-refractivity contribution in [2.45, 2.75) is 51.7 Å². The fraction of sp³-hybridized carbons (Fsp3) is 0.778. The molecular formula is C18H26O4. The maximum absolute atomic E-state index is 13.1. The molecule has 4 rings (SSSR count). The summed E-state index contributed by atoms with van der Waals surface area (Å²) in [6, 6.07) is 0. The van der Waals surface area contributed by atoms with Gasteiger partial charge in [0.25, 0.3) is 0 Å². The molecule has 6 atom stereocenters. The van der Waals surface area contributed by atoms with E-state index in [1.54, 1.807) is 14.2 Å². The van der Waals surface area contributed by atoms with Crippen molar-refractivity contribution >= 4 is 11.6 Å². The molecule has 0 unspecified atom stereocenters. The first-order chi connectivity index (χ1) is 10.2. The van der Waals surface area contributed by atoms with Crippen LogP contribution in [0, 0.1) is 23.2 Å². The van der Waals surface area contributed by atoms with Crippen LogP contribution in [-0.4, -0.2) is 37.0 Å². The molecule has 0 aromatic heterocycles. The van der Waals surface area contributed by atoms with E-state index in [9.17, 15) is 9.59 Å². The first-order valence-corrected chi connectivity index (χ1v) is 8.05. The molecule has 4 aliphatic rings. The van der Waals surface area contributed by atoms with Crippen molar-refractivity contribution in [3.8, 4) is 0 Å². The second-order valence-corrected chi connectivity index (χ2v) is 7.74. The zero-order chi connectivity index (χ0) is 16.5. The molecule has 2 bridgehead atoms. The van der Waals surface area contributed by atoms with Gasteiger partial charge in [0.1, 0.15) is 11.2 Å². The van der Waals surface area contributed by atoms with Gasteiger partial charge in [0.15, 0.2) is 11.6 Å². The summed E-state index contributed by atoms with van der Waals surface area (Å²) in [6.45, 7) is 7.64. The molecule has 0 radical (unpaired) electrons. The summed E-state index contributed by atoms with van der Waals surface area (Å²) >= 11 is 0. The topological polar surface area (TPSA) is 52.6 Å². The molecule has 122 valence electrons. The van der Waals surface area contributed by atoms with Crippen LogP contribution >= 0.6 is 0 Å². The molecule has 4 heteroatoms. The Hall–Kier alpha value is -1.00. The minimum absolute atomic E-state index is 0.00933. The van der Waals surface area contributed by atoms with E-state index in [0.29, 0.717) is 5.57 Å². The van der Waals surface area contributed by atoms with Gasteiger partial charge in [-0.15, -0.1) is 0 Å². The van der Waals surface area contributed by atoms with Gasteiger partial charge < -0.3 is 9.47 Å². The third kappa shape index (κ3) is 1.55. The molecule has 4 aliphatic carbocycles. The Bertz CT molecular complexity index is 580. The van der Waals surface area contributed by atoms with Gasteiger partial charge in [-0.1, -0.05) is 13.0 Å². The van der Waals surface area contributed by atoms with E-state index >= 15 is 0 Å². The third-order valence-electron chi connectivity index (χ3n) is 6.93.